The molecular weight excluding hydrogens is 308 g/mol. The molecule has 2 N–H and O–H groups in total. The summed E-state index contributed by atoms with van der Waals surface area (Å²) in [5.74, 6) is 0.336. The average molecular weight is 332 g/mol. The number of aromatic amines is 1. The highest BCUT2D eigenvalue weighted by atomic mass is 32.1. The van der Waals surface area contributed by atoms with Crippen LogP contribution in [0.4, 0.5) is 0 Å². The average Bonchev–Trinajstić information content (AvgIpc) is 3.10. The van der Waals surface area contributed by atoms with Crippen molar-refractivity contribution in [2.24, 2.45) is 5.92 Å². The van der Waals surface area contributed by atoms with Crippen molar-refractivity contribution in [3.8, 4) is 0 Å². The topological polar surface area (TPSA) is 56.3 Å². The Morgan fingerprint density at radius 3 is 2.78 bits per heavy atom. The fourth-order valence-corrected chi connectivity index (χ4v) is 4.11. The molecule has 1 atom stereocenters. The van der Waals surface area contributed by atoms with E-state index >= 15 is 0 Å². The third-order valence-electron chi connectivity index (χ3n) is 4.91. The van der Waals surface area contributed by atoms with Gasteiger partial charge >= 0.3 is 0 Å². The van der Waals surface area contributed by atoms with Crippen LogP contribution in [0.25, 0.3) is 0 Å². The standard InChI is InChI=1S/C18H24N2O2S/c1-12-10-19-15(13(2)17(12)21)11-20-7-5-14(6-8-20)18(22)16-4-3-9-23-16/h3-4,9-10,14,18,22H,5-8,11H2,1-2H3,(H,19,21). The van der Waals surface area contributed by atoms with E-state index in [0.29, 0.717) is 5.92 Å². The molecule has 1 aliphatic heterocycles. The van der Waals surface area contributed by atoms with Gasteiger partial charge < -0.3 is 10.1 Å². The quantitative estimate of drug-likeness (QED) is 0.905. The number of likely N-dealkylation sites (tertiary alicyclic amines) is 1. The van der Waals surface area contributed by atoms with Gasteiger partial charge in [0.15, 0.2) is 5.43 Å². The predicted molar refractivity (Wildman–Crippen MR) is 93.8 cm³/mol. The Morgan fingerprint density at radius 2 is 2.13 bits per heavy atom. The summed E-state index contributed by atoms with van der Waals surface area (Å²) in [6.07, 6.45) is 3.46. The third-order valence-corrected chi connectivity index (χ3v) is 5.85. The molecule has 2 aromatic rings. The fraction of sp³-hybridized carbons (Fsp3) is 0.500. The molecule has 1 fully saturated rings. The molecule has 5 heteroatoms. The van der Waals surface area contributed by atoms with Crippen LogP contribution >= 0.6 is 11.3 Å². The number of piperidine rings is 1. The van der Waals surface area contributed by atoms with Crippen LogP contribution in [0.5, 0.6) is 0 Å². The van der Waals surface area contributed by atoms with Gasteiger partial charge in [-0.05, 0) is 57.1 Å². The first kappa shape index (κ1) is 16.4. The van der Waals surface area contributed by atoms with Gasteiger partial charge in [0.25, 0.3) is 0 Å². The van der Waals surface area contributed by atoms with Crippen LogP contribution < -0.4 is 5.43 Å². The summed E-state index contributed by atoms with van der Waals surface area (Å²) in [7, 11) is 0. The summed E-state index contributed by atoms with van der Waals surface area (Å²) >= 11 is 1.63. The first-order valence-corrected chi connectivity index (χ1v) is 9.06. The molecule has 124 valence electrons. The summed E-state index contributed by atoms with van der Waals surface area (Å²) in [6.45, 7) is 6.44. The largest absolute Gasteiger partial charge is 0.387 e. The molecule has 3 rings (SSSR count). The molecule has 0 bridgehead atoms. The van der Waals surface area contributed by atoms with Gasteiger partial charge in [-0.1, -0.05) is 6.07 Å². The van der Waals surface area contributed by atoms with E-state index in [4.69, 9.17) is 0 Å². The van der Waals surface area contributed by atoms with Gasteiger partial charge in [0.1, 0.15) is 0 Å². The van der Waals surface area contributed by atoms with Crippen molar-refractivity contribution in [3.63, 3.8) is 0 Å². The van der Waals surface area contributed by atoms with Crippen LogP contribution in [-0.4, -0.2) is 28.1 Å². The number of aryl methyl sites for hydroxylation is 1. The number of H-pyrrole nitrogens is 1. The van der Waals surface area contributed by atoms with Crippen LogP contribution in [0, 0.1) is 19.8 Å². The van der Waals surface area contributed by atoms with Crippen LogP contribution in [-0.2, 0) is 6.54 Å². The summed E-state index contributed by atoms with van der Waals surface area (Å²) in [4.78, 5) is 18.7. The highest BCUT2D eigenvalue weighted by Crippen LogP contribution is 2.33. The molecule has 1 unspecified atom stereocenters. The third kappa shape index (κ3) is 3.57. The predicted octanol–water partition coefficient (Wildman–Crippen LogP) is 3.00. The maximum Gasteiger partial charge on any atom is 0.187 e. The molecule has 0 spiro atoms. The number of rotatable bonds is 4. The van der Waals surface area contributed by atoms with Crippen molar-refractivity contribution in [2.75, 3.05) is 13.1 Å². The lowest BCUT2D eigenvalue weighted by molar-refractivity contribution is 0.0587. The van der Waals surface area contributed by atoms with E-state index < -0.39 is 0 Å². The van der Waals surface area contributed by atoms with Crippen LogP contribution in [0.2, 0.25) is 0 Å². The van der Waals surface area contributed by atoms with Gasteiger partial charge in [-0.25, -0.2) is 0 Å². The van der Waals surface area contributed by atoms with E-state index in [1.54, 1.807) is 17.5 Å². The monoisotopic (exact) mass is 332 g/mol. The molecule has 1 saturated heterocycles. The van der Waals surface area contributed by atoms with Crippen molar-refractivity contribution >= 4 is 11.3 Å². The zero-order valence-electron chi connectivity index (χ0n) is 13.7. The van der Waals surface area contributed by atoms with Gasteiger partial charge in [-0.3, -0.25) is 9.69 Å². The van der Waals surface area contributed by atoms with Crippen molar-refractivity contribution in [2.45, 2.75) is 39.3 Å². The molecule has 0 saturated carbocycles. The van der Waals surface area contributed by atoms with Crippen LogP contribution in [0.15, 0.2) is 28.5 Å². The Morgan fingerprint density at radius 1 is 1.39 bits per heavy atom. The Bertz CT molecular complexity index is 700. The highest BCUT2D eigenvalue weighted by Gasteiger charge is 2.27. The summed E-state index contributed by atoms with van der Waals surface area (Å²) < 4.78 is 0. The molecule has 0 aromatic carbocycles. The van der Waals surface area contributed by atoms with Crippen LogP contribution in [0.3, 0.4) is 0 Å². The summed E-state index contributed by atoms with van der Waals surface area (Å²) in [5, 5.41) is 12.5. The SMILES string of the molecule is Cc1c[nH]c(CN2CCC(C(O)c3cccs3)CC2)c(C)c1=O. The molecule has 4 nitrogen and oxygen atoms in total. The Balaban J connectivity index is 1.59. The minimum absolute atomic E-state index is 0.141. The highest BCUT2D eigenvalue weighted by molar-refractivity contribution is 7.10. The number of pyridine rings is 1. The molecule has 3 heterocycles. The normalized spacial score (nSPS) is 18.2. The second-order valence-electron chi connectivity index (χ2n) is 6.48. The van der Waals surface area contributed by atoms with Gasteiger partial charge in [-0.15, -0.1) is 11.3 Å². The Hall–Kier alpha value is -1.43. The summed E-state index contributed by atoms with van der Waals surface area (Å²) in [5.41, 5.74) is 2.74. The molecule has 1 aliphatic rings. The van der Waals surface area contributed by atoms with Gasteiger partial charge in [0.2, 0.25) is 0 Å². The molecular formula is C18H24N2O2S. The van der Waals surface area contributed by atoms with E-state index in [1.165, 1.54) is 0 Å². The van der Waals surface area contributed by atoms with E-state index in [1.807, 2.05) is 31.4 Å². The molecule has 0 aliphatic carbocycles. The minimum atomic E-state index is -0.335. The fourth-order valence-electron chi connectivity index (χ4n) is 3.31. The number of nitrogens with one attached hydrogen (secondary N) is 1. The van der Waals surface area contributed by atoms with E-state index in [2.05, 4.69) is 9.88 Å². The van der Waals surface area contributed by atoms with Gasteiger partial charge in [0, 0.05) is 34.4 Å². The van der Waals surface area contributed by atoms with Gasteiger partial charge in [0.05, 0.1) is 6.10 Å². The first-order chi connectivity index (χ1) is 11.1. The molecule has 0 amide bonds. The van der Waals surface area contributed by atoms with E-state index in [9.17, 15) is 9.90 Å². The molecule has 0 radical (unpaired) electrons. The smallest absolute Gasteiger partial charge is 0.187 e. The summed E-state index contributed by atoms with van der Waals surface area (Å²) in [6, 6.07) is 4.01. The second kappa shape index (κ2) is 6.99. The van der Waals surface area contributed by atoms with Crippen molar-refractivity contribution in [1.82, 2.24) is 9.88 Å². The lowest BCUT2D eigenvalue weighted by atomic mass is 9.90. The minimum Gasteiger partial charge on any atom is -0.387 e. The lowest BCUT2D eigenvalue weighted by Crippen LogP contribution is -2.36. The number of aliphatic hydroxyl groups excluding tert-OH is 1. The van der Waals surface area contributed by atoms with Gasteiger partial charge in [-0.2, -0.15) is 0 Å². The van der Waals surface area contributed by atoms with Crippen LogP contribution in [0.1, 0.15) is 40.6 Å². The first-order valence-electron chi connectivity index (χ1n) is 8.18. The maximum atomic E-state index is 12.0. The number of aliphatic hydroxyl groups is 1. The number of hydrogen-bond donors (Lipinski definition) is 2. The zero-order chi connectivity index (χ0) is 16.4. The second-order valence-corrected chi connectivity index (χ2v) is 7.46. The van der Waals surface area contributed by atoms with E-state index in [-0.39, 0.29) is 11.5 Å². The lowest BCUT2D eigenvalue weighted by Gasteiger charge is -2.34. The Kier molecular flexibility index (Phi) is 4.99. The Labute approximate surface area is 140 Å². The zero-order valence-corrected chi connectivity index (χ0v) is 14.5. The van der Waals surface area contributed by atoms with Crippen molar-refractivity contribution in [3.05, 3.63) is 55.6 Å². The number of aromatic nitrogens is 1. The maximum absolute atomic E-state index is 12.0. The molecule has 23 heavy (non-hydrogen) atoms. The van der Waals surface area contributed by atoms with Crippen molar-refractivity contribution in [1.29, 1.82) is 0 Å². The van der Waals surface area contributed by atoms with E-state index in [0.717, 1.165) is 54.2 Å². The number of nitrogens with zero attached hydrogens (tertiary/aromatic N) is 1. The number of hydrogen-bond acceptors (Lipinski definition) is 4. The molecule has 2 aromatic heterocycles. The number of thiophene rings is 1. The van der Waals surface area contributed by atoms with Crippen molar-refractivity contribution < 1.29 is 5.11 Å².